The molecule has 0 aliphatic rings. The fourth-order valence-electron chi connectivity index (χ4n) is 1.74. The summed E-state index contributed by atoms with van der Waals surface area (Å²) < 4.78 is 1.27. The first kappa shape index (κ1) is 17.5. The molecule has 0 saturated carbocycles. The van der Waals surface area contributed by atoms with Gasteiger partial charge in [-0.2, -0.15) is 5.10 Å². The van der Waals surface area contributed by atoms with Gasteiger partial charge in [0.1, 0.15) is 18.3 Å². The predicted octanol–water partition coefficient (Wildman–Crippen LogP) is 0.676. The van der Waals surface area contributed by atoms with E-state index in [-0.39, 0.29) is 35.3 Å². The summed E-state index contributed by atoms with van der Waals surface area (Å²) in [5, 5.41) is 17.6. The molecule has 22 heavy (non-hydrogen) atoms. The van der Waals surface area contributed by atoms with E-state index >= 15 is 0 Å². The Morgan fingerprint density at radius 3 is 2.82 bits per heavy atom. The summed E-state index contributed by atoms with van der Waals surface area (Å²) in [6.45, 7) is 0.889. The summed E-state index contributed by atoms with van der Waals surface area (Å²) >= 11 is 0. The molecule has 0 bridgehead atoms. The van der Waals surface area contributed by atoms with Gasteiger partial charge < -0.3 is 11.1 Å². The number of rotatable bonds is 6. The average Bonchev–Trinajstić information content (AvgIpc) is 3.00. The highest BCUT2D eigenvalue weighted by atomic mass is 35.5. The first-order chi connectivity index (χ1) is 10.1. The van der Waals surface area contributed by atoms with Gasteiger partial charge >= 0.3 is 0 Å². The molecule has 0 radical (unpaired) electrons. The lowest BCUT2D eigenvalue weighted by Crippen LogP contribution is -2.26. The molecular formula is C12H15ClN6O3. The van der Waals surface area contributed by atoms with Crippen molar-refractivity contribution in [2.75, 3.05) is 13.1 Å². The molecule has 0 fully saturated rings. The van der Waals surface area contributed by atoms with E-state index in [4.69, 9.17) is 5.73 Å². The molecule has 0 unspecified atom stereocenters. The maximum atomic E-state index is 11.9. The second kappa shape index (κ2) is 8.05. The van der Waals surface area contributed by atoms with Crippen LogP contribution in [0.3, 0.4) is 0 Å². The zero-order chi connectivity index (χ0) is 15.2. The largest absolute Gasteiger partial charge is 0.352 e. The van der Waals surface area contributed by atoms with E-state index in [0.717, 1.165) is 0 Å². The summed E-state index contributed by atoms with van der Waals surface area (Å²) in [4.78, 5) is 26.2. The minimum absolute atomic E-state index is 0. The predicted molar refractivity (Wildman–Crippen MR) is 81.3 cm³/mol. The van der Waals surface area contributed by atoms with Crippen LogP contribution in [0.2, 0.25) is 0 Å². The van der Waals surface area contributed by atoms with Crippen LogP contribution < -0.4 is 11.1 Å². The van der Waals surface area contributed by atoms with Crippen LogP contribution in [-0.4, -0.2) is 38.7 Å². The summed E-state index contributed by atoms with van der Waals surface area (Å²) in [5.41, 5.74) is 5.58. The van der Waals surface area contributed by atoms with Gasteiger partial charge in [0.25, 0.3) is 11.6 Å². The monoisotopic (exact) mass is 326 g/mol. The number of nitro benzene ring substituents is 1. The highest BCUT2D eigenvalue weighted by Crippen LogP contribution is 2.23. The lowest BCUT2D eigenvalue weighted by Gasteiger charge is -2.06. The molecule has 0 saturated heterocycles. The van der Waals surface area contributed by atoms with Gasteiger partial charge in [0, 0.05) is 18.2 Å². The van der Waals surface area contributed by atoms with E-state index in [2.05, 4.69) is 15.4 Å². The van der Waals surface area contributed by atoms with E-state index in [0.29, 0.717) is 19.5 Å². The van der Waals surface area contributed by atoms with Gasteiger partial charge in [-0.25, -0.2) is 9.67 Å². The van der Waals surface area contributed by atoms with Crippen LogP contribution in [0.25, 0.3) is 5.69 Å². The number of nitrogens with zero attached hydrogens (tertiary/aromatic N) is 4. The first-order valence-electron chi connectivity index (χ1n) is 6.25. The highest BCUT2D eigenvalue weighted by Gasteiger charge is 2.19. The molecule has 9 nitrogen and oxygen atoms in total. The van der Waals surface area contributed by atoms with Crippen molar-refractivity contribution in [3.63, 3.8) is 0 Å². The number of aromatic nitrogens is 3. The molecule has 1 aromatic carbocycles. The lowest BCUT2D eigenvalue weighted by atomic mass is 10.1. The third kappa shape index (κ3) is 3.99. The standard InChI is InChI=1S/C12H14N6O3.ClH/c13-4-1-5-15-12(19)9-2-3-10(11(6-9)18(20)21)17-8-14-7-16-17;/h2-3,6-8H,1,4-5,13H2,(H,15,19);1H. The lowest BCUT2D eigenvalue weighted by molar-refractivity contribution is -0.384. The number of nitrogens with one attached hydrogen (secondary N) is 1. The van der Waals surface area contributed by atoms with E-state index in [1.165, 1.54) is 35.5 Å². The van der Waals surface area contributed by atoms with Crippen LogP contribution in [0, 0.1) is 10.1 Å². The Balaban J connectivity index is 0.00000242. The van der Waals surface area contributed by atoms with Gasteiger partial charge in [0.15, 0.2) is 0 Å². The Morgan fingerprint density at radius 2 is 2.23 bits per heavy atom. The van der Waals surface area contributed by atoms with Crippen molar-refractivity contribution in [3.8, 4) is 5.69 Å². The minimum atomic E-state index is -0.562. The van der Waals surface area contributed by atoms with Gasteiger partial charge in [-0.1, -0.05) is 0 Å². The molecule has 0 atom stereocenters. The third-order valence-electron chi connectivity index (χ3n) is 2.77. The number of carbonyl (C=O) groups excluding carboxylic acids is 1. The molecule has 118 valence electrons. The van der Waals surface area contributed by atoms with E-state index < -0.39 is 4.92 Å². The minimum Gasteiger partial charge on any atom is -0.352 e. The molecule has 0 spiro atoms. The smallest absolute Gasteiger partial charge is 0.295 e. The van der Waals surface area contributed by atoms with Crippen molar-refractivity contribution in [1.82, 2.24) is 20.1 Å². The molecular weight excluding hydrogens is 312 g/mol. The van der Waals surface area contributed by atoms with Gasteiger partial charge in [0.05, 0.1) is 4.92 Å². The number of benzene rings is 1. The normalized spacial score (nSPS) is 9.86. The van der Waals surface area contributed by atoms with Crippen LogP contribution >= 0.6 is 12.4 Å². The van der Waals surface area contributed by atoms with E-state index in [1.54, 1.807) is 0 Å². The van der Waals surface area contributed by atoms with Gasteiger partial charge in [-0.15, -0.1) is 12.4 Å². The topological polar surface area (TPSA) is 129 Å². The summed E-state index contributed by atoms with van der Waals surface area (Å²) in [6, 6.07) is 4.18. The third-order valence-corrected chi connectivity index (χ3v) is 2.77. The summed E-state index contributed by atoms with van der Waals surface area (Å²) in [6.07, 6.45) is 3.27. The molecule has 2 aromatic rings. The SMILES string of the molecule is Cl.NCCCNC(=O)c1ccc(-n2cncn2)c([N+](=O)[O-])c1. The number of hydrogen-bond acceptors (Lipinski definition) is 6. The maximum absolute atomic E-state index is 11.9. The Bertz CT molecular complexity index is 646. The van der Waals surface area contributed by atoms with Crippen LogP contribution in [-0.2, 0) is 0 Å². The number of carbonyl (C=O) groups is 1. The molecule has 1 amide bonds. The summed E-state index contributed by atoms with van der Waals surface area (Å²) in [5.74, 6) is -0.378. The second-order valence-corrected chi connectivity index (χ2v) is 4.20. The van der Waals surface area contributed by atoms with Crippen molar-refractivity contribution in [2.24, 2.45) is 5.73 Å². The zero-order valence-electron chi connectivity index (χ0n) is 11.5. The van der Waals surface area contributed by atoms with Crippen molar-refractivity contribution in [3.05, 3.63) is 46.5 Å². The molecule has 10 heteroatoms. The quantitative estimate of drug-likeness (QED) is 0.456. The Hall–Kier alpha value is -2.52. The first-order valence-corrected chi connectivity index (χ1v) is 6.25. The molecule has 3 N–H and O–H groups in total. The van der Waals surface area contributed by atoms with E-state index in [1.807, 2.05) is 0 Å². The molecule has 0 aliphatic carbocycles. The van der Waals surface area contributed by atoms with Gasteiger partial charge in [-0.3, -0.25) is 14.9 Å². The van der Waals surface area contributed by atoms with Crippen molar-refractivity contribution in [2.45, 2.75) is 6.42 Å². The molecule has 0 aliphatic heterocycles. The van der Waals surface area contributed by atoms with Crippen LogP contribution in [0.5, 0.6) is 0 Å². The fourth-order valence-corrected chi connectivity index (χ4v) is 1.74. The second-order valence-electron chi connectivity index (χ2n) is 4.20. The highest BCUT2D eigenvalue weighted by molar-refractivity contribution is 5.95. The van der Waals surface area contributed by atoms with Crippen molar-refractivity contribution < 1.29 is 9.72 Å². The van der Waals surface area contributed by atoms with Crippen molar-refractivity contribution in [1.29, 1.82) is 0 Å². The number of nitro groups is 1. The maximum Gasteiger partial charge on any atom is 0.295 e. The molecule has 2 rings (SSSR count). The molecule has 1 aromatic heterocycles. The van der Waals surface area contributed by atoms with Crippen LogP contribution in [0.15, 0.2) is 30.9 Å². The number of halogens is 1. The Labute approximate surface area is 132 Å². The number of hydrogen-bond donors (Lipinski definition) is 2. The van der Waals surface area contributed by atoms with Gasteiger partial charge in [0.2, 0.25) is 0 Å². The fraction of sp³-hybridized carbons (Fsp3) is 0.250. The summed E-state index contributed by atoms with van der Waals surface area (Å²) in [7, 11) is 0. The van der Waals surface area contributed by atoms with Crippen LogP contribution in [0.4, 0.5) is 5.69 Å². The number of amides is 1. The van der Waals surface area contributed by atoms with Gasteiger partial charge in [-0.05, 0) is 25.1 Å². The Morgan fingerprint density at radius 1 is 1.45 bits per heavy atom. The van der Waals surface area contributed by atoms with E-state index in [9.17, 15) is 14.9 Å². The van der Waals surface area contributed by atoms with Crippen molar-refractivity contribution >= 4 is 24.0 Å². The average molecular weight is 327 g/mol. The Kier molecular flexibility index (Phi) is 6.42. The van der Waals surface area contributed by atoms with Crippen LogP contribution in [0.1, 0.15) is 16.8 Å². The number of nitrogens with two attached hydrogens (primary N) is 1. The zero-order valence-corrected chi connectivity index (χ0v) is 12.3. The molecule has 1 heterocycles.